The predicted octanol–water partition coefficient (Wildman–Crippen LogP) is -0.0633. The van der Waals surface area contributed by atoms with Crippen molar-refractivity contribution in [2.75, 3.05) is 20.0 Å². The van der Waals surface area contributed by atoms with Crippen LogP contribution in [0.4, 0.5) is 0 Å². The van der Waals surface area contributed by atoms with E-state index in [1.165, 1.54) is 0 Å². The summed E-state index contributed by atoms with van der Waals surface area (Å²) in [5.74, 6) is -2.81. The second-order valence-corrected chi connectivity index (χ2v) is 3.18. The Bertz CT molecular complexity index is 336. The number of ether oxygens (including phenoxy) is 4. The predicted molar refractivity (Wildman–Crippen MR) is 59.6 cm³/mol. The quantitative estimate of drug-likeness (QED) is 0.345. The number of carbonyl (C=O) groups excluding carboxylic acids is 4. The van der Waals surface area contributed by atoms with E-state index in [1.807, 2.05) is 0 Å². The first-order chi connectivity index (χ1) is 8.99. The SMILES string of the molecule is CCC(=O)OCOC(=O)COC(=O)COC(=O)CC. The number of esters is 4. The highest BCUT2D eigenvalue weighted by Crippen LogP contribution is 1.90. The van der Waals surface area contributed by atoms with Gasteiger partial charge in [0.1, 0.15) is 0 Å². The molecule has 19 heavy (non-hydrogen) atoms. The first-order valence-corrected chi connectivity index (χ1v) is 5.62. The maximum Gasteiger partial charge on any atom is 0.347 e. The van der Waals surface area contributed by atoms with Gasteiger partial charge in [0.25, 0.3) is 0 Å². The molecule has 0 heterocycles. The van der Waals surface area contributed by atoms with Gasteiger partial charge < -0.3 is 18.9 Å². The van der Waals surface area contributed by atoms with Crippen LogP contribution in [0.3, 0.4) is 0 Å². The van der Waals surface area contributed by atoms with Crippen LogP contribution in [0.15, 0.2) is 0 Å². The molecule has 0 saturated carbocycles. The fraction of sp³-hybridized carbons (Fsp3) is 0.636. The van der Waals surface area contributed by atoms with Crippen molar-refractivity contribution in [2.45, 2.75) is 26.7 Å². The molecule has 108 valence electrons. The van der Waals surface area contributed by atoms with Gasteiger partial charge in [-0.15, -0.1) is 0 Å². The third-order valence-electron chi connectivity index (χ3n) is 1.72. The summed E-state index contributed by atoms with van der Waals surface area (Å²) in [5.41, 5.74) is 0. The maximum absolute atomic E-state index is 11.0. The zero-order valence-electron chi connectivity index (χ0n) is 10.8. The lowest BCUT2D eigenvalue weighted by atomic mass is 10.5. The van der Waals surface area contributed by atoms with Crippen LogP contribution in [-0.4, -0.2) is 43.9 Å². The lowest BCUT2D eigenvalue weighted by Crippen LogP contribution is -2.22. The molecule has 0 atom stereocenters. The topological polar surface area (TPSA) is 105 Å². The van der Waals surface area contributed by atoms with Crippen LogP contribution in [-0.2, 0) is 38.1 Å². The summed E-state index contributed by atoms with van der Waals surface area (Å²) in [6, 6.07) is 0. The molecule has 0 saturated heterocycles. The van der Waals surface area contributed by atoms with Crippen LogP contribution in [0.1, 0.15) is 26.7 Å². The normalized spacial score (nSPS) is 9.37. The summed E-state index contributed by atoms with van der Waals surface area (Å²) >= 11 is 0. The Morgan fingerprint density at radius 2 is 1.00 bits per heavy atom. The Hall–Kier alpha value is -2.12. The van der Waals surface area contributed by atoms with Gasteiger partial charge in [0.2, 0.25) is 6.79 Å². The largest absolute Gasteiger partial charge is 0.454 e. The minimum Gasteiger partial charge on any atom is -0.454 e. The van der Waals surface area contributed by atoms with E-state index in [1.54, 1.807) is 13.8 Å². The zero-order chi connectivity index (χ0) is 14.7. The molecule has 0 aromatic rings. The molecule has 0 N–H and O–H groups in total. The molecule has 0 aromatic heterocycles. The molecule has 0 aliphatic rings. The van der Waals surface area contributed by atoms with Crippen molar-refractivity contribution in [1.29, 1.82) is 0 Å². The molecule has 0 aliphatic carbocycles. The zero-order valence-corrected chi connectivity index (χ0v) is 10.8. The van der Waals surface area contributed by atoms with E-state index in [-0.39, 0.29) is 12.8 Å². The van der Waals surface area contributed by atoms with Crippen molar-refractivity contribution in [3.8, 4) is 0 Å². The van der Waals surface area contributed by atoms with Crippen LogP contribution >= 0.6 is 0 Å². The van der Waals surface area contributed by atoms with Gasteiger partial charge in [-0.25, -0.2) is 9.59 Å². The van der Waals surface area contributed by atoms with Gasteiger partial charge in [-0.05, 0) is 0 Å². The molecule has 0 fully saturated rings. The Morgan fingerprint density at radius 3 is 1.53 bits per heavy atom. The van der Waals surface area contributed by atoms with Gasteiger partial charge >= 0.3 is 23.9 Å². The minimum absolute atomic E-state index is 0.137. The van der Waals surface area contributed by atoms with Crippen molar-refractivity contribution >= 4 is 23.9 Å². The molecule has 0 spiro atoms. The first kappa shape index (κ1) is 16.9. The van der Waals surface area contributed by atoms with E-state index >= 15 is 0 Å². The van der Waals surface area contributed by atoms with Gasteiger partial charge in [0.05, 0.1) is 0 Å². The number of hydrogen-bond acceptors (Lipinski definition) is 8. The Balaban J connectivity index is 3.64. The van der Waals surface area contributed by atoms with Crippen molar-refractivity contribution < 1.29 is 38.1 Å². The van der Waals surface area contributed by atoms with E-state index < -0.39 is 43.9 Å². The van der Waals surface area contributed by atoms with Gasteiger partial charge in [0, 0.05) is 12.8 Å². The highest BCUT2D eigenvalue weighted by atomic mass is 16.7. The molecular weight excluding hydrogens is 260 g/mol. The highest BCUT2D eigenvalue weighted by Gasteiger charge is 2.11. The average Bonchev–Trinajstić information content (AvgIpc) is 2.41. The molecule has 0 amide bonds. The lowest BCUT2D eigenvalue weighted by Gasteiger charge is -2.06. The summed E-state index contributed by atoms with van der Waals surface area (Å²) in [4.78, 5) is 43.4. The summed E-state index contributed by atoms with van der Waals surface area (Å²) in [5, 5.41) is 0. The van der Waals surface area contributed by atoms with E-state index in [9.17, 15) is 19.2 Å². The minimum atomic E-state index is -0.876. The molecule has 0 bridgehead atoms. The number of carbonyl (C=O) groups is 4. The van der Waals surface area contributed by atoms with Crippen LogP contribution in [0.25, 0.3) is 0 Å². The fourth-order valence-corrected chi connectivity index (χ4v) is 0.727. The van der Waals surface area contributed by atoms with E-state index in [4.69, 9.17) is 0 Å². The Morgan fingerprint density at radius 1 is 0.632 bits per heavy atom. The van der Waals surface area contributed by atoms with Gasteiger partial charge in [0.15, 0.2) is 13.2 Å². The fourth-order valence-electron chi connectivity index (χ4n) is 0.727. The molecule has 0 aliphatic heterocycles. The Kier molecular flexibility index (Phi) is 8.76. The molecular formula is C11H16O8. The van der Waals surface area contributed by atoms with E-state index in [0.717, 1.165) is 0 Å². The Labute approximate surface area is 109 Å². The molecule has 8 nitrogen and oxygen atoms in total. The number of rotatable bonds is 8. The van der Waals surface area contributed by atoms with Crippen molar-refractivity contribution in [2.24, 2.45) is 0 Å². The average molecular weight is 276 g/mol. The first-order valence-electron chi connectivity index (χ1n) is 5.62. The second-order valence-electron chi connectivity index (χ2n) is 3.18. The van der Waals surface area contributed by atoms with Gasteiger partial charge in [-0.3, -0.25) is 9.59 Å². The molecule has 0 aromatic carbocycles. The molecule has 8 heteroatoms. The van der Waals surface area contributed by atoms with Crippen LogP contribution < -0.4 is 0 Å². The van der Waals surface area contributed by atoms with E-state index in [0.29, 0.717) is 0 Å². The second kappa shape index (κ2) is 9.86. The summed E-state index contributed by atoms with van der Waals surface area (Å²) in [6.07, 6.45) is 0.299. The van der Waals surface area contributed by atoms with Gasteiger partial charge in [-0.1, -0.05) is 13.8 Å². The van der Waals surface area contributed by atoms with Crippen molar-refractivity contribution in [1.82, 2.24) is 0 Å². The third kappa shape index (κ3) is 9.57. The van der Waals surface area contributed by atoms with Crippen LogP contribution in [0.2, 0.25) is 0 Å². The summed E-state index contributed by atoms with van der Waals surface area (Å²) < 4.78 is 17.8. The summed E-state index contributed by atoms with van der Waals surface area (Å²) in [6.45, 7) is 1.41. The lowest BCUT2D eigenvalue weighted by molar-refractivity contribution is -0.174. The molecule has 0 unspecified atom stereocenters. The monoisotopic (exact) mass is 276 g/mol. The van der Waals surface area contributed by atoms with E-state index in [2.05, 4.69) is 18.9 Å². The van der Waals surface area contributed by atoms with Gasteiger partial charge in [-0.2, -0.15) is 0 Å². The standard InChI is InChI=1S/C11H16O8/c1-3-8(12)16-5-10(14)17-6-11(15)19-7-18-9(13)4-2/h3-7H2,1-2H3. The van der Waals surface area contributed by atoms with Crippen LogP contribution in [0, 0.1) is 0 Å². The summed E-state index contributed by atoms with van der Waals surface area (Å²) in [7, 11) is 0. The smallest absolute Gasteiger partial charge is 0.347 e. The number of hydrogen-bond donors (Lipinski definition) is 0. The maximum atomic E-state index is 11.0. The molecule has 0 rings (SSSR count). The van der Waals surface area contributed by atoms with Crippen LogP contribution in [0.5, 0.6) is 0 Å². The molecule has 0 radical (unpaired) electrons. The highest BCUT2D eigenvalue weighted by molar-refractivity contribution is 5.79. The van der Waals surface area contributed by atoms with Crippen molar-refractivity contribution in [3.63, 3.8) is 0 Å². The van der Waals surface area contributed by atoms with Crippen molar-refractivity contribution in [3.05, 3.63) is 0 Å². The third-order valence-corrected chi connectivity index (χ3v) is 1.72.